The Kier molecular flexibility index (Phi) is 4.01. The molecule has 2 heterocycles. The molecule has 1 N–H and O–H groups in total. The summed E-state index contributed by atoms with van der Waals surface area (Å²) in [6.07, 6.45) is 0.441. The number of nitrogens with zero attached hydrogens (tertiary/aromatic N) is 1. The third kappa shape index (κ3) is 3.61. The maximum atomic E-state index is 12.4. The van der Waals surface area contributed by atoms with Crippen LogP contribution in [0.2, 0.25) is 0 Å². The van der Waals surface area contributed by atoms with E-state index in [1.54, 1.807) is 12.3 Å². The van der Waals surface area contributed by atoms with Crippen molar-refractivity contribution in [1.29, 1.82) is 0 Å². The smallest absolute Gasteiger partial charge is 0.271 e. The summed E-state index contributed by atoms with van der Waals surface area (Å²) in [6, 6.07) is 7.95. The van der Waals surface area contributed by atoms with Crippen LogP contribution in [0.15, 0.2) is 29.6 Å². The first kappa shape index (κ1) is 16.1. The van der Waals surface area contributed by atoms with Crippen molar-refractivity contribution in [2.45, 2.75) is 25.8 Å². The molecule has 5 nitrogen and oxygen atoms in total. The Balaban J connectivity index is 1.75. The van der Waals surface area contributed by atoms with Crippen LogP contribution in [-0.2, 0) is 9.84 Å². The number of aryl methyl sites for hydroxylation is 1. The summed E-state index contributed by atoms with van der Waals surface area (Å²) in [5.74, 6) is -0.213. The molecule has 7 heteroatoms. The van der Waals surface area contributed by atoms with Crippen molar-refractivity contribution >= 4 is 27.1 Å². The average molecular weight is 350 g/mol. The Hall–Kier alpha value is -1.73. The Morgan fingerprint density at radius 2 is 2.00 bits per heavy atom. The highest BCUT2D eigenvalue weighted by Gasteiger charge is 2.39. The van der Waals surface area contributed by atoms with Crippen molar-refractivity contribution in [2.75, 3.05) is 11.5 Å². The van der Waals surface area contributed by atoms with E-state index in [1.807, 2.05) is 31.2 Å². The Labute approximate surface area is 139 Å². The molecule has 0 bridgehead atoms. The molecule has 0 spiro atoms. The molecule has 1 atom stereocenters. The molecule has 2 aromatic rings. The molecule has 3 rings (SSSR count). The predicted octanol–water partition coefficient (Wildman–Crippen LogP) is 2.43. The number of amides is 1. The molecule has 122 valence electrons. The first-order valence-corrected chi connectivity index (χ1v) is 10.0. The highest BCUT2D eigenvalue weighted by Crippen LogP contribution is 2.26. The SMILES string of the molecule is Cc1ccc(-c2nc(C(=O)N[C@]3(C)CCS(=O)(=O)C3)cs2)cc1. The van der Waals surface area contributed by atoms with Gasteiger partial charge in [0.25, 0.3) is 5.91 Å². The van der Waals surface area contributed by atoms with Crippen LogP contribution in [0, 0.1) is 6.92 Å². The number of sulfone groups is 1. The van der Waals surface area contributed by atoms with Gasteiger partial charge in [0.2, 0.25) is 0 Å². The zero-order chi connectivity index (χ0) is 16.7. The summed E-state index contributed by atoms with van der Waals surface area (Å²) < 4.78 is 23.2. The average Bonchev–Trinajstić information content (AvgIpc) is 3.05. The fourth-order valence-corrected chi connectivity index (χ4v) is 5.55. The van der Waals surface area contributed by atoms with Crippen molar-refractivity contribution in [1.82, 2.24) is 10.3 Å². The number of hydrogen-bond acceptors (Lipinski definition) is 5. The molecular weight excluding hydrogens is 332 g/mol. The van der Waals surface area contributed by atoms with Gasteiger partial charge in [0, 0.05) is 10.9 Å². The lowest BCUT2D eigenvalue weighted by Gasteiger charge is -2.23. The molecule has 23 heavy (non-hydrogen) atoms. The lowest BCUT2D eigenvalue weighted by Crippen LogP contribution is -2.47. The number of aromatic nitrogens is 1. The lowest BCUT2D eigenvalue weighted by atomic mass is 10.0. The van der Waals surface area contributed by atoms with Crippen LogP contribution < -0.4 is 5.32 Å². The summed E-state index contributed by atoms with van der Waals surface area (Å²) in [5, 5.41) is 5.31. The molecule has 1 saturated heterocycles. The van der Waals surface area contributed by atoms with Gasteiger partial charge in [-0.15, -0.1) is 11.3 Å². The fraction of sp³-hybridized carbons (Fsp3) is 0.375. The van der Waals surface area contributed by atoms with Gasteiger partial charge in [-0.2, -0.15) is 0 Å². The summed E-state index contributed by atoms with van der Waals surface area (Å²) >= 11 is 1.40. The van der Waals surface area contributed by atoms with Gasteiger partial charge in [-0.05, 0) is 20.3 Å². The van der Waals surface area contributed by atoms with Gasteiger partial charge in [-0.1, -0.05) is 29.8 Å². The van der Waals surface area contributed by atoms with Crippen LogP contribution in [0.1, 0.15) is 29.4 Å². The predicted molar refractivity (Wildman–Crippen MR) is 91.4 cm³/mol. The summed E-state index contributed by atoms with van der Waals surface area (Å²) in [5.41, 5.74) is 1.76. The minimum atomic E-state index is -3.06. The van der Waals surface area contributed by atoms with Crippen LogP contribution in [0.3, 0.4) is 0 Å². The van der Waals surface area contributed by atoms with Gasteiger partial charge in [0.05, 0.1) is 17.0 Å². The largest absolute Gasteiger partial charge is 0.344 e. The van der Waals surface area contributed by atoms with Gasteiger partial charge >= 0.3 is 0 Å². The number of hydrogen-bond donors (Lipinski definition) is 1. The highest BCUT2D eigenvalue weighted by molar-refractivity contribution is 7.91. The second kappa shape index (κ2) is 5.72. The Morgan fingerprint density at radius 1 is 1.30 bits per heavy atom. The normalized spacial score (nSPS) is 22.9. The van der Waals surface area contributed by atoms with E-state index in [4.69, 9.17) is 0 Å². The molecule has 1 aliphatic rings. The van der Waals surface area contributed by atoms with E-state index >= 15 is 0 Å². The first-order chi connectivity index (χ1) is 10.8. The van der Waals surface area contributed by atoms with Crippen molar-refractivity contribution in [3.63, 3.8) is 0 Å². The minimum Gasteiger partial charge on any atom is -0.344 e. The van der Waals surface area contributed by atoms with Crippen LogP contribution in [0.4, 0.5) is 0 Å². The van der Waals surface area contributed by atoms with Gasteiger partial charge in [-0.3, -0.25) is 4.79 Å². The fourth-order valence-electron chi connectivity index (χ4n) is 2.65. The van der Waals surface area contributed by atoms with Crippen LogP contribution in [-0.4, -0.2) is 36.4 Å². The molecule has 1 aromatic heterocycles. The minimum absolute atomic E-state index is 0.0132. The van der Waals surface area contributed by atoms with Crippen molar-refractivity contribution in [3.8, 4) is 10.6 Å². The van der Waals surface area contributed by atoms with E-state index in [0.29, 0.717) is 12.1 Å². The number of thiazole rings is 1. The standard InChI is InChI=1S/C16H18N2O3S2/c1-11-3-5-12(6-4-11)15-17-13(9-22-15)14(19)18-16(2)7-8-23(20,21)10-16/h3-6,9H,7-8,10H2,1-2H3,(H,18,19)/t16-/m1/s1. The Morgan fingerprint density at radius 3 is 2.61 bits per heavy atom. The quantitative estimate of drug-likeness (QED) is 0.922. The molecule has 0 unspecified atom stereocenters. The van der Waals surface area contributed by atoms with E-state index in [2.05, 4.69) is 10.3 Å². The molecule has 1 amide bonds. The highest BCUT2D eigenvalue weighted by atomic mass is 32.2. The molecule has 0 saturated carbocycles. The maximum Gasteiger partial charge on any atom is 0.271 e. The second-order valence-corrected chi connectivity index (χ2v) is 9.30. The monoisotopic (exact) mass is 350 g/mol. The van der Waals surface area contributed by atoms with E-state index < -0.39 is 15.4 Å². The molecule has 1 fully saturated rings. The molecule has 0 radical (unpaired) electrons. The first-order valence-electron chi connectivity index (χ1n) is 7.32. The van der Waals surface area contributed by atoms with Gasteiger partial charge in [0.15, 0.2) is 9.84 Å². The van der Waals surface area contributed by atoms with Gasteiger partial charge in [-0.25, -0.2) is 13.4 Å². The molecule has 0 aliphatic carbocycles. The van der Waals surface area contributed by atoms with Crippen molar-refractivity contribution in [2.24, 2.45) is 0 Å². The van der Waals surface area contributed by atoms with E-state index in [0.717, 1.165) is 10.6 Å². The Bertz CT molecular complexity index is 840. The number of benzene rings is 1. The lowest BCUT2D eigenvalue weighted by molar-refractivity contribution is 0.0911. The van der Waals surface area contributed by atoms with E-state index in [-0.39, 0.29) is 17.4 Å². The number of nitrogens with one attached hydrogen (secondary N) is 1. The number of carbonyl (C=O) groups is 1. The summed E-state index contributed by atoms with van der Waals surface area (Å²) in [7, 11) is -3.06. The van der Waals surface area contributed by atoms with Crippen molar-refractivity contribution in [3.05, 3.63) is 40.9 Å². The number of rotatable bonds is 3. The van der Waals surface area contributed by atoms with Crippen molar-refractivity contribution < 1.29 is 13.2 Å². The van der Waals surface area contributed by atoms with Gasteiger partial charge < -0.3 is 5.32 Å². The molecule has 1 aromatic carbocycles. The molecule has 1 aliphatic heterocycles. The molecular formula is C16H18N2O3S2. The zero-order valence-corrected chi connectivity index (χ0v) is 14.6. The van der Waals surface area contributed by atoms with Crippen LogP contribution in [0.5, 0.6) is 0 Å². The zero-order valence-electron chi connectivity index (χ0n) is 13.0. The maximum absolute atomic E-state index is 12.4. The van der Waals surface area contributed by atoms with Crippen LogP contribution >= 0.6 is 11.3 Å². The number of carbonyl (C=O) groups excluding carboxylic acids is 1. The topological polar surface area (TPSA) is 76.1 Å². The van der Waals surface area contributed by atoms with Crippen LogP contribution in [0.25, 0.3) is 10.6 Å². The summed E-state index contributed by atoms with van der Waals surface area (Å²) in [6.45, 7) is 3.78. The van der Waals surface area contributed by atoms with E-state index in [9.17, 15) is 13.2 Å². The third-order valence-corrected chi connectivity index (χ3v) is 6.75. The third-order valence-electron chi connectivity index (χ3n) is 3.95. The second-order valence-electron chi connectivity index (χ2n) is 6.26. The van der Waals surface area contributed by atoms with Gasteiger partial charge in [0.1, 0.15) is 10.7 Å². The summed E-state index contributed by atoms with van der Waals surface area (Å²) in [4.78, 5) is 16.7. The van der Waals surface area contributed by atoms with E-state index in [1.165, 1.54) is 16.9 Å².